The van der Waals surface area contributed by atoms with Gasteiger partial charge in [-0.3, -0.25) is 14.4 Å². The largest absolute Gasteiger partial charge is 0.480 e. The van der Waals surface area contributed by atoms with Gasteiger partial charge in [-0.2, -0.15) is 0 Å². The standard InChI is InChI=1S/C23H30N6O5/c1-14(24)20(30)27-17(11-16-12-25-13-26-16)22(32)29-9-5-8-19(29)21(31)28-18(23(33)34)10-15-6-3-2-4-7-15/h2-4,6-7,12-14,17-19H,5,8-11,24H2,1H3,(H,25,26)(H,27,30)(H,28,31)(H,33,34). The van der Waals surface area contributed by atoms with Crippen LogP contribution in [0.4, 0.5) is 0 Å². The molecule has 0 radical (unpaired) electrons. The van der Waals surface area contributed by atoms with Crippen LogP contribution in [0.5, 0.6) is 0 Å². The number of rotatable bonds is 10. The molecule has 4 atom stereocenters. The SMILES string of the molecule is CC(N)C(=O)NC(Cc1cnc[nH]1)C(=O)N1CCCC1C(=O)NC(Cc1ccccc1)C(=O)O. The third-order valence-electron chi connectivity index (χ3n) is 5.74. The van der Waals surface area contributed by atoms with Crippen molar-refractivity contribution in [1.82, 2.24) is 25.5 Å². The molecular formula is C23H30N6O5. The van der Waals surface area contributed by atoms with Crippen LogP contribution in [0.25, 0.3) is 0 Å². The minimum atomic E-state index is -1.16. The maximum atomic E-state index is 13.4. The molecule has 4 unspecified atom stereocenters. The van der Waals surface area contributed by atoms with E-state index in [1.54, 1.807) is 30.5 Å². The lowest BCUT2D eigenvalue weighted by molar-refractivity contribution is -0.144. The number of aliphatic carboxylic acids is 1. The smallest absolute Gasteiger partial charge is 0.326 e. The van der Waals surface area contributed by atoms with Gasteiger partial charge in [0.25, 0.3) is 0 Å². The van der Waals surface area contributed by atoms with Gasteiger partial charge in [0.15, 0.2) is 0 Å². The first-order chi connectivity index (χ1) is 16.3. The third kappa shape index (κ3) is 6.41. The molecule has 1 aliphatic rings. The van der Waals surface area contributed by atoms with Gasteiger partial charge in [-0.1, -0.05) is 30.3 Å². The molecule has 182 valence electrons. The molecule has 1 aromatic heterocycles. The second-order valence-corrected chi connectivity index (χ2v) is 8.41. The second kappa shape index (κ2) is 11.4. The first-order valence-corrected chi connectivity index (χ1v) is 11.2. The topological polar surface area (TPSA) is 171 Å². The molecule has 3 amide bonds. The fourth-order valence-corrected chi connectivity index (χ4v) is 3.94. The lowest BCUT2D eigenvalue weighted by atomic mass is 10.0. The maximum Gasteiger partial charge on any atom is 0.326 e. The monoisotopic (exact) mass is 470 g/mol. The highest BCUT2D eigenvalue weighted by Gasteiger charge is 2.39. The quantitative estimate of drug-likeness (QED) is 0.314. The molecule has 0 bridgehead atoms. The molecule has 1 saturated heterocycles. The maximum absolute atomic E-state index is 13.4. The molecule has 11 heteroatoms. The minimum Gasteiger partial charge on any atom is -0.480 e. The molecule has 11 nitrogen and oxygen atoms in total. The Kier molecular flexibility index (Phi) is 8.36. The number of imidazole rings is 1. The zero-order valence-electron chi connectivity index (χ0n) is 18.9. The van der Waals surface area contributed by atoms with E-state index in [1.165, 1.54) is 18.2 Å². The van der Waals surface area contributed by atoms with Crippen molar-refractivity contribution < 1.29 is 24.3 Å². The average molecular weight is 471 g/mol. The first kappa shape index (κ1) is 24.9. The third-order valence-corrected chi connectivity index (χ3v) is 5.74. The van der Waals surface area contributed by atoms with Crippen molar-refractivity contribution in [2.24, 2.45) is 5.73 Å². The molecule has 1 aliphatic heterocycles. The van der Waals surface area contributed by atoms with Crippen LogP contribution in [0.2, 0.25) is 0 Å². The summed E-state index contributed by atoms with van der Waals surface area (Å²) in [4.78, 5) is 58.7. The van der Waals surface area contributed by atoms with E-state index in [-0.39, 0.29) is 12.8 Å². The molecular weight excluding hydrogens is 440 g/mol. The van der Waals surface area contributed by atoms with E-state index in [1.807, 2.05) is 6.07 Å². The van der Waals surface area contributed by atoms with E-state index in [9.17, 15) is 24.3 Å². The van der Waals surface area contributed by atoms with E-state index in [4.69, 9.17) is 5.73 Å². The summed E-state index contributed by atoms with van der Waals surface area (Å²) in [6.45, 7) is 1.83. The Morgan fingerprint density at radius 1 is 1.18 bits per heavy atom. The van der Waals surface area contributed by atoms with Gasteiger partial charge in [-0.15, -0.1) is 0 Å². The van der Waals surface area contributed by atoms with Crippen molar-refractivity contribution in [3.63, 3.8) is 0 Å². The molecule has 0 aliphatic carbocycles. The fraction of sp³-hybridized carbons (Fsp3) is 0.435. The van der Waals surface area contributed by atoms with Gasteiger partial charge in [0.2, 0.25) is 17.7 Å². The number of H-pyrrole nitrogens is 1. The highest BCUT2D eigenvalue weighted by atomic mass is 16.4. The Hall–Kier alpha value is -3.73. The lowest BCUT2D eigenvalue weighted by Crippen LogP contribution is -2.57. The first-order valence-electron chi connectivity index (χ1n) is 11.2. The fourth-order valence-electron chi connectivity index (χ4n) is 3.94. The van der Waals surface area contributed by atoms with Crippen LogP contribution >= 0.6 is 0 Å². The van der Waals surface area contributed by atoms with Gasteiger partial charge in [0.1, 0.15) is 18.1 Å². The van der Waals surface area contributed by atoms with E-state index < -0.39 is 47.9 Å². The summed E-state index contributed by atoms with van der Waals surface area (Å²) < 4.78 is 0. The highest BCUT2D eigenvalue weighted by Crippen LogP contribution is 2.20. The van der Waals surface area contributed by atoms with Gasteiger partial charge in [0, 0.05) is 31.3 Å². The van der Waals surface area contributed by atoms with Crippen LogP contribution in [-0.4, -0.2) is 74.4 Å². The molecule has 1 fully saturated rings. The number of amides is 3. The number of carboxylic acids is 1. The van der Waals surface area contributed by atoms with Crippen molar-refractivity contribution in [2.45, 2.75) is 56.8 Å². The molecule has 2 aromatic rings. The van der Waals surface area contributed by atoms with Crippen molar-refractivity contribution >= 4 is 23.7 Å². The van der Waals surface area contributed by atoms with E-state index in [0.717, 1.165) is 5.56 Å². The minimum absolute atomic E-state index is 0.121. The van der Waals surface area contributed by atoms with Gasteiger partial charge in [-0.25, -0.2) is 9.78 Å². The molecule has 6 N–H and O–H groups in total. The number of aromatic amines is 1. The van der Waals surface area contributed by atoms with Crippen LogP contribution in [0.1, 0.15) is 31.0 Å². The number of carboxylic acid groups (broad SMARTS) is 1. The molecule has 1 aromatic carbocycles. The predicted octanol–water partition coefficient (Wildman–Crippen LogP) is -0.413. The van der Waals surface area contributed by atoms with E-state index >= 15 is 0 Å². The van der Waals surface area contributed by atoms with Gasteiger partial charge >= 0.3 is 5.97 Å². The Morgan fingerprint density at radius 3 is 2.53 bits per heavy atom. The predicted molar refractivity (Wildman–Crippen MR) is 122 cm³/mol. The summed E-state index contributed by atoms with van der Waals surface area (Å²) in [7, 11) is 0. The molecule has 2 heterocycles. The van der Waals surface area contributed by atoms with Crippen molar-refractivity contribution in [1.29, 1.82) is 0 Å². The summed E-state index contributed by atoms with van der Waals surface area (Å²) in [6, 6.07) is 5.25. The lowest BCUT2D eigenvalue weighted by Gasteiger charge is -2.29. The number of nitrogens with two attached hydrogens (primary N) is 1. The molecule has 3 rings (SSSR count). The van der Waals surface area contributed by atoms with Gasteiger partial charge < -0.3 is 31.4 Å². The Bertz CT molecular complexity index is 995. The zero-order chi connectivity index (χ0) is 24.7. The Morgan fingerprint density at radius 2 is 1.91 bits per heavy atom. The number of aromatic nitrogens is 2. The summed E-state index contributed by atoms with van der Waals surface area (Å²) in [5, 5.41) is 14.9. The normalized spacial score (nSPS) is 18.1. The highest BCUT2D eigenvalue weighted by molar-refractivity contribution is 5.94. The zero-order valence-corrected chi connectivity index (χ0v) is 18.9. The number of hydrogen-bond donors (Lipinski definition) is 5. The molecule has 34 heavy (non-hydrogen) atoms. The van der Waals surface area contributed by atoms with Crippen LogP contribution in [-0.2, 0) is 32.0 Å². The number of hydrogen-bond acceptors (Lipinski definition) is 6. The second-order valence-electron chi connectivity index (χ2n) is 8.41. The molecule has 0 spiro atoms. The van der Waals surface area contributed by atoms with E-state index in [0.29, 0.717) is 25.1 Å². The average Bonchev–Trinajstić information content (AvgIpc) is 3.50. The molecule has 0 saturated carbocycles. The van der Waals surface area contributed by atoms with Crippen molar-refractivity contribution in [3.8, 4) is 0 Å². The number of benzene rings is 1. The van der Waals surface area contributed by atoms with Gasteiger partial charge in [0.05, 0.1) is 12.4 Å². The van der Waals surface area contributed by atoms with Crippen LogP contribution in [0, 0.1) is 0 Å². The number of nitrogens with one attached hydrogen (secondary N) is 3. The number of carbonyl (C=O) groups excluding carboxylic acids is 3. The Balaban J connectivity index is 1.72. The summed E-state index contributed by atoms with van der Waals surface area (Å²) >= 11 is 0. The van der Waals surface area contributed by atoms with E-state index in [2.05, 4.69) is 20.6 Å². The van der Waals surface area contributed by atoms with Crippen LogP contribution < -0.4 is 16.4 Å². The van der Waals surface area contributed by atoms with Gasteiger partial charge in [-0.05, 0) is 25.3 Å². The number of likely N-dealkylation sites (tertiary alicyclic amines) is 1. The van der Waals surface area contributed by atoms with Crippen molar-refractivity contribution in [2.75, 3.05) is 6.54 Å². The number of carbonyl (C=O) groups is 4. The summed E-state index contributed by atoms with van der Waals surface area (Å²) in [6.07, 6.45) is 4.26. The van der Waals surface area contributed by atoms with Crippen LogP contribution in [0.15, 0.2) is 42.9 Å². The van der Waals surface area contributed by atoms with Crippen LogP contribution in [0.3, 0.4) is 0 Å². The number of nitrogens with zero attached hydrogens (tertiary/aromatic N) is 2. The Labute approximate surface area is 197 Å². The summed E-state index contributed by atoms with van der Waals surface area (Å²) in [5.41, 5.74) is 7.06. The summed E-state index contributed by atoms with van der Waals surface area (Å²) in [5.74, 6) is -2.62. The van der Waals surface area contributed by atoms with Crippen molar-refractivity contribution in [3.05, 3.63) is 54.1 Å².